The fourth-order valence-electron chi connectivity index (χ4n) is 2.50. The highest BCUT2D eigenvalue weighted by Crippen LogP contribution is 2.17. The topological polar surface area (TPSA) is 80.5 Å². The highest BCUT2D eigenvalue weighted by Gasteiger charge is 2.15. The third-order valence-electron chi connectivity index (χ3n) is 3.55. The quantitative estimate of drug-likeness (QED) is 0.588. The fourth-order valence-corrected chi connectivity index (χ4v) is 2.50. The molecule has 116 valence electrons. The predicted octanol–water partition coefficient (Wildman–Crippen LogP) is 1.74. The summed E-state index contributed by atoms with van der Waals surface area (Å²) in [6, 6.07) is 1.60. The molecular formula is C15H24N4O2. The number of carbonyl (C=O) groups excluding carboxylic acids is 1. The Hall–Kier alpha value is -1.82. The maximum Gasteiger partial charge on any atom is 0.341 e. The second kappa shape index (κ2) is 7.83. The van der Waals surface area contributed by atoms with E-state index >= 15 is 0 Å². The van der Waals surface area contributed by atoms with Gasteiger partial charge in [-0.25, -0.2) is 9.78 Å². The van der Waals surface area contributed by atoms with Crippen LogP contribution in [0, 0.1) is 0 Å². The Balaban J connectivity index is 1.87. The molecule has 1 aromatic heterocycles. The van der Waals surface area contributed by atoms with Crippen molar-refractivity contribution in [3.8, 4) is 0 Å². The van der Waals surface area contributed by atoms with E-state index in [0.29, 0.717) is 23.7 Å². The van der Waals surface area contributed by atoms with Crippen LogP contribution < -0.4 is 11.1 Å². The van der Waals surface area contributed by atoms with Crippen molar-refractivity contribution >= 4 is 17.5 Å². The highest BCUT2D eigenvalue weighted by molar-refractivity contribution is 5.95. The Labute approximate surface area is 125 Å². The van der Waals surface area contributed by atoms with Crippen molar-refractivity contribution in [3.05, 3.63) is 17.8 Å². The van der Waals surface area contributed by atoms with E-state index in [1.165, 1.54) is 25.9 Å². The molecule has 1 aliphatic rings. The average molecular weight is 292 g/mol. The van der Waals surface area contributed by atoms with E-state index < -0.39 is 0 Å². The van der Waals surface area contributed by atoms with Crippen LogP contribution in [0.5, 0.6) is 0 Å². The summed E-state index contributed by atoms with van der Waals surface area (Å²) in [5, 5.41) is 3.21. The first kappa shape index (κ1) is 15.6. The van der Waals surface area contributed by atoms with Gasteiger partial charge in [0.1, 0.15) is 11.4 Å². The zero-order valence-corrected chi connectivity index (χ0v) is 12.6. The van der Waals surface area contributed by atoms with Gasteiger partial charge in [0.2, 0.25) is 0 Å². The lowest BCUT2D eigenvalue weighted by Crippen LogP contribution is -2.22. The minimum Gasteiger partial charge on any atom is -0.462 e. The van der Waals surface area contributed by atoms with Crippen LogP contribution in [0.15, 0.2) is 12.3 Å². The molecule has 0 amide bonds. The molecule has 0 unspecified atom stereocenters. The largest absolute Gasteiger partial charge is 0.462 e. The monoisotopic (exact) mass is 292 g/mol. The Morgan fingerprint density at radius 2 is 2.24 bits per heavy atom. The van der Waals surface area contributed by atoms with Crippen LogP contribution in [0.4, 0.5) is 11.5 Å². The number of nitrogens with zero attached hydrogens (tertiary/aromatic N) is 2. The smallest absolute Gasteiger partial charge is 0.341 e. The van der Waals surface area contributed by atoms with Gasteiger partial charge >= 0.3 is 5.97 Å². The molecule has 2 heterocycles. The van der Waals surface area contributed by atoms with Crippen molar-refractivity contribution in [1.82, 2.24) is 9.88 Å². The first-order valence-corrected chi connectivity index (χ1v) is 7.59. The van der Waals surface area contributed by atoms with Gasteiger partial charge in [0.15, 0.2) is 0 Å². The average Bonchev–Trinajstić information content (AvgIpc) is 2.98. The molecule has 1 saturated heterocycles. The number of rotatable bonds is 7. The SMILES string of the molecule is CCOC(=O)c1cc(N)cnc1NCCCN1CCCC1. The van der Waals surface area contributed by atoms with Crippen LogP contribution in [-0.4, -0.2) is 48.6 Å². The van der Waals surface area contributed by atoms with Crippen molar-refractivity contribution < 1.29 is 9.53 Å². The van der Waals surface area contributed by atoms with Gasteiger partial charge in [0.25, 0.3) is 0 Å². The first-order chi connectivity index (χ1) is 10.2. The second-order valence-electron chi connectivity index (χ2n) is 5.21. The molecule has 0 bridgehead atoms. The van der Waals surface area contributed by atoms with Gasteiger partial charge in [-0.15, -0.1) is 0 Å². The Morgan fingerprint density at radius 1 is 1.48 bits per heavy atom. The normalized spacial score (nSPS) is 15.1. The van der Waals surface area contributed by atoms with Gasteiger partial charge in [-0.2, -0.15) is 0 Å². The molecule has 3 N–H and O–H groups in total. The summed E-state index contributed by atoms with van der Waals surface area (Å²) in [5.41, 5.74) is 6.55. The zero-order valence-electron chi connectivity index (χ0n) is 12.6. The fraction of sp³-hybridized carbons (Fsp3) is 0.600. The predicted molar refractivity (Wildman–Crippen MR) is 83.4 cm³/mol. The number of anilines is 2. The van der Waals surface area contributed by atoms with E-state index in [2.05, 4.69) is 15.2 Å². The van der Waals surface area contributed by atoms with Crippen molar-refractivity contribution in [3.63, 3.8) is 0 Å². The minimum absolute atomic E-state index is 0.335. The summed E-state index contributed by atoms with van der Waals surface area (Å²) in [6.07, 6.45) is 5.18. The van der Waals surface area contributed by atoms with E-state index in [1.54, 1.807) is 19.2 Å². The van der Waals surface area contributed by atoms with Crippen LogP contribution in [0.25, 0.3) is 0 Å². The maximum absolute atomic E-state index is 11.9. The van der Waals surface area contributed by atoms with Crippen molar-refractivity contribution in [2.24, 2.45) is 0 Å². The van der Waals surface area contributed by atoms with E-state index in [9.17, 15) is 4.79 Å². The Bertz CT molecular complexity index is 473. The molecule has 0 saturated carbocycles. The zero-order chi connectivity index (χ0) is 15.1. The molecular weight excluding hydrogens is 268 g/mol. The van der Waals surface area contributed by atoms with Crippen LogP contribution in [0.2, 0.25) is 0 Å². The summed E-state index contributed by atoms with van der Waals surface area (Å²) in [7, 11) is 0. The number of hydrogen-bond donors (Lipinski definition) is 2. The molecule has 2 rings (SSSR count). The molecule has 0 atom stereocenters. The van der Waals surface area contributed by atoms with Gasteiger partial charge in [0.05, 0.1) is 18.5 Å². The number of aromatic nitrogens is 1. The molecule has 1 aliphatic heterocycles. The standard InChI is InChI=1S/C15H24N4O2/c1-2-21-15(20)13-10-12(16)11-18-14(13)17-6-5-9-19-7-3-4-8-19/h10-11H,2-9,16H2,1H3,(H,17,18). The molecule has 0 spiro atoms. The van der Waals surface area contributed by atoms with Crippen LogP contribution in [0.3, 0.4) is 0 Å². The van der Waals surface area contributed by atoms with Crippen LogP contribution >= 0.6 is 0 Å². The first-order valence-electron chi connectivity index (χ1n) is 7.59. The number of nitrogens with two attached hydrogens (primary N) is 1. The highest BCUT2D eigenvalue weighted by atomic mass is 16.5. The number of nitrogen functional groups attached to an aromatic ring is 1. The van der Waals surface area contributed by atoms with E-state index in [4.69, 9.17) is 10.5 Å². The molecule has 0 aromatic carbocycles. The summed E-state index contributed by atoms with van der Waals surface area (Å²) < 4.78 is 5.03. The molecule has 0 aliphatic carbocycles. The molecule has 21 heavy (non-hydrogen) atoms. The van der Waals surface area contributed by atoms with Crippen molar-refractivity contribution in [2.75, 3.05) is 43.8 Å². The van der Waals surface area contributed by atoms with Crippen LogP contribution in [-0.2, 0) is 4.74 Å². The minimum atomic E-state index is -0.389. The third-order valence-corrected chi connectivity index (χ3v) is 3.55. The molecule has 1 aromatic rings. The van der Waals surface area contributed by atoms with Gasteiger partial charge in [-0.1, -0.05) is 0 Å². The van der Waals surface area contributed by atoms with E-state index in [0.717, 1.165) is 19.5 Å². The van der Waals surface area contributed by atoms with Crippen molar-refractivity contribution in [2.45, 2.75) is 26.2 Å². The van der Waals surface area contributed by atoms with Crippen molar-refractivity contribution in [1.29, 1.82) is 0 Å². The van der Waals surface area contributed by atoms with E-state index in [1.807, 2.05) is 0 Å². The second-order valence-corrected chi connectivity index (χ2v) is 5.21. The molecule has 0 radical (unpaired) electrons. The number of ether oxygens (including phenoxy) is 1. The summed E-state index contributed by atoms with van der Waals surface area (Å²) in [6.45, 7) is 6.38. The molecule has 6 nitrogen and oxygen atoms in total. The van der Waals surface area contributed by atoms with Gasteiger partial charge < -0.3 is 20.7 Å². The van der Waals surface area contributed by atoms with E-state index in [-0.39, 0.29) is 5.97 Å². The lowest BCUT2D eigenvalue weighted by molar-refractivity contribution is 0.0527. The number of likely N-dealkylation sites (tertiary alicyclic amines) is 1. The number of pyridine rings is 1. The number of nitrogens with one attached hydrogen (secondary N) is 1. The van der Waals surface area contributed by atoms with Gasteiger partial charge in [-0.05, 0) is 51.9 Å². The Morgan fingerprint density at radius 3 is 2.95 bits per heavy atom. The summed E-state index contributed by atoms with van der Waals surface area (Å²) in [4.78, 5) is 18.6. The number of esters is 1. The lowest BCUT2D eigenvalue weighted by atomic mass is 10.2. The lowest BCUT2D eigenvalue weighted by Gasteiger charge is -2.15. The maximum atomic E-state index is 11.9. The Kier molecular flexibility index (Phi) is 5.80. The number of carbonyl (C=O) groups is 1. The molecule has 1 fully saturated rings. The van der Waals surface area contributed by atoms with Gasteiger partial charge in [-0.3, -0.25) is 0 Å². The number of hydrogen-bond acceptors (Lipinski definition) is 6. The molecule has 6 heteroatoms. The van der Waals surface area contributed by atoms with Gasteiger partial charge in [0, 0.05) is 6.54 Å². The summed E-state index contributed by atoms with van der Waals surface area (Å²) in [5.74, 6) is 0.156. The van der Waals surface area contributed by atoms with Crippen LogP contribution in [0.1, 0.15) is 36.5 Å². The summed E-state index contributed by atoms with van der Waals surface area (Å²) >= 11 is 0. The third kappa shape index (κ3) is 4.60.